The Morgan fingerprint density at radius 1 is 1.12 bits per heavy atom. The highest BCUT2D eigenvalue weighted by Crippen LogP contribution is 2.35. The van der Waals surface area contributed by atoms with Crippen molar-refractivity contribution in [3.05, 3.63) is 74.7 Å². The molecule has 0 aliphatic rings. The maximum atomic E-state index is 10.8. The Morgan fingerprint density at radius 3 is 2.40 bits per heavy atom. The lowest BCUT2D eigenvalue weighted by Gasteiger charge is -2.11. The highest BCUT2D eigenvalue weighted by molar-refractivity contribution is 9.10. The van der Waals surface area contributed by atoms with Crippen LogP contribution >= 0.6 is 15.9 Å². The topological polar surface area (TPSA) is 106 Å². The summed E-state index contributed by atoms with van der Waals surface area (Å²) in [7, 11) is 0. The number of pyridine rings is 1. The molecule has 0 atom stereocenters. The third-order valence-corrected chi connectivity index (χ3v) is 4.39. The summed E-state index contributed by atoms with van der Waals surface area (Å²) in [5.41, 5.74) is 8.94. The van der Waals surface area contributed by atoms with E-state index in [0.29, 0.717) is 16.8 Å². The molecular weight excluding hydrogens is 384 g/mol. The van der Waals surface area contributed by atoms with Crippen LogP contribution < -0.4 is 5.73 Å². The van der Waals surface area contributed by atoms with Crippen molar-refractivity contribution in [3.63, 3.8) is 0 Å². The van der Waals surface area contributed by atoms with Crippen LogP contribution in [-0.4, -0.2) is 9.91 Å². The summed E-state index contributed by atoms with van der Waals surface area (Å²) in [6, 6.07) is 17.4. The van der Waals surface area contributed by atoms with Gasteiger partial charge in [0.15, 0.2) is 0 Å². The fourth-order valence-electron chi connectivity index (χ4n) is 2.48. The minimum absolute atomic E-state index is 0.00334. The Kier molecular flexibility index (Phi) is 4.46. The van der Waals surface area contributed by atoms with Crippen molar-refractivity contribution in [2.24, 2.45) is 0 Å². The first kappa shape index (κ1) is 16.6. The number of nitro groups is 1. The van der Waals surface area contributed by atoms with E-state index in [4.69, 9.17) is 5.73 Å². The minimum Gasteiger partial charge on any atom is -0.383 e. The SMILES string of the molecule is N#Cc1c(-c2ccccc2Br)cc(-c2ccc([N+](=O)[O-])cc2)nc1N. The zero-order chi connectivity index (χ0) is 18.0. The van der Waals surface area contributed by atoms with Crippen LogP contribution in [0, 0.1) is 21.4 Å². The van der Waals surface area contributed by atoms with Crippen LogP contribution in [0.2, 0.25) is 0 Å². The highest BCUT2D eigenvalue weighted by Gasteiger charge is 2.15. The Labute approximate surface area is 151 Å². The highest BCUT2D eigenvalue weighted by atomic mass is 79.9. The number of nitrogen functional groups attached to an aromatic ring is 1. The second-order valence-corrected chi connectivity index (χ2v) is 6.07. The number of hydrogen-bond acceptors (Lipinski definition) is 5. The number of benzene rings is 2. The molecule has 25 heavy (non-hydrogen) atoms. The second-order valence-electron chi connectivity index (χ2n) is 5.21. The summed E-state index contributed by atoms with van der Waals surface area (Å²) < 4.78 is 0.826. The Morgan fingerprint density at radius 2 is 1.80 bits per heavy atom. The summed E-state index contributed by atoms with van der Waals surface area (Å²) >= 11 is 3.48. The summed E-state index contributed by atoms with van der Waals surface area (Å²) in [4.78, 5) is 14.6. The third-order valence-electron chi connectivity index (χ3n) is 3.70. The minimum atomic E-state index is -0.461. The van der Waals surface area contributed by atoms with Gasteiger partial charge in [-0.2, -0.15) is 5.26 Å². The molecule has 0 radical (unpaired) electrons. The van der Waals surface area contributed by atoms with Gasteiger partial charge in [-0.05, 0) is 29.8 Å². The molecule has 2 aromatic carbocycles. The molecule has 2 N–H and O–H groups in total. The Balaban J connectivity index is 2.19. The van der Waals surface area contributed by atoms with E-state index < -0.39 is 4.92 Å². The number of rotatable bonds is 3. The van der Waals surface area contributed by atoms with Crippen LogP contribution in [0.5, 0.6) is 0 Å². The number of nitriles is 1. The molecule has 6 nitrogen and oxygen atoms in total. The number of non-ortho nitro benzene ring substituents is 1. The first-order chi connectivity index (χ1) is 12.0. The lowest BCUT2D eigenvalue weighted by atomic mass is 9.98. The van der Waals surface area contributed by atoms with E-state index in [1.807, 2.05) is 24.3 Å². The van der Waals surface area contributed by atoms with Gasteiger partial charge in [0.25, 0.3) is 5.69 Å². The third kappa shape index (κ3) is 3.20. The van der Waals surface area contributed by atoms with Crippen LogP contribution in [0.15, 0.2) is 59.1 Å². The molecule has 0 unspecified atom stereocenters. The van der Waals surface area contributed by atoms with E-state index in [9.17, 15) is 15.4 Å². The number of hydrogen-bond donors (Lipinski definition) is 1. The van der Waals surface area contributed by atoms with Gasteiger partial charge in [0.1, 0.15) is 17.5 Å². The molecular formula is C18H11BrN4O2. The smallest absolute Gasteiger partial charge is 0.269 e. The van der Waals surface area contributed by atoms with Crippen LogP contribution in [0.4, 0.5) is 11.5 Å². The van der Waals surface area contributed by atoms with Gasteiger partial charge in [0, 0.05) is 27.7 Å². The largest absolute Gasteiger partial charge is 0.383 e. The van der Waals surface area contributed by atoms with Crippen LogP contribution in [0.3, 0.4) is 0 Å². The molecule has 0 aliphatic heterocycles. The first-order valence-corrected chi connectivity index (χ1v) is 8.01. The number of anilines is 1. The predicted octanol–water partition coefficient (Wildman–Crippen LogP) is 4.54. The lowest BCUT2D eigenvalue weighted by Crippen LogP contribution is -2.00. The molecule has 1 aromatic heterocycles. The molecule has 0 saturated carbocycles. The molecule has 0 amide bonds. The Bertz CT molecular complexity index is 1010. The Hall–Kier alpha value is -3.24. The van der Waals surface area contributed by atoms with Gasteiger partial charge in [-0.25, -0.2) is 4.98 Å². The molecule has 3 aromatic rings. The quantitative estimate of drug-likeness (QED) is 0.518. The van der Waals surface area contributed by atoms with Gasteiger partial charge in [-0.3, -0.25) is 10.1 Å². The van der Waals surface area contributed by atoms with E-state index in [0.717, 1.165) is 10.0 Å². The van der Waals surface area contributed by atoms with Crippen molar-refractivity contribution in [3.8, 4) is 28.5 Å². The van der Waals surface area contributed by atoms with Gasteiger partial charge in [-0.1, -0.05) is 34.1 Å². The van der Waals surface area contributed by atoms with Gasteiger partial charge in [-0.15, -0.1) is 0 Å². The number of nitrogens with two attached hydrogens (primary N) is 1. The monoisotopic (exact) mass is 394 g/mol. The fraction of sp³-hybridized carbons (Fsp3) is 0. The molecule has 0 aliphatic carbocycles. The normalized spacial score (nSPS) is 10.2. The summed E-state index contributed by atoms with van der Waals surface area (Å²) in [6.45, 7) is 0. The van der Waals surface area contributed by atoms with Crippen LogP contribution in [-0.2, 0) is 0 Å². The summed E-state index contributed by atoms with van der Waals surface area (Å²) in [6.07, 6.45) is 0. The lowest BCUT2D eigenvalue weighted by molar-refractivity contribution is -0.384. The van der Waals surface area contributed by atoms with Crippen LogP contribution in [0.1, 0.15) is 5.56 Å². The van der Waals surface area contributed by atoms with Gasteiger partial charge < -0.3 is 5.73 Å². The maximum absolute atomic E-state index is 10.8. The van der Waals surface area contributed by atoms with Crippen LogP contribution in [0.25, 0.3) is 22.4 Å². The molecule has 3 rings (SSSR count). The average Bonchev–Trinajstić information content (AvgIpc) is 2.61. The molecule has 7 heteroatoms. The fourth-order valence-corrected chi connectivity index (χ4v) is 2.97. The second kappa shape index (κ2) is 6.71. The number of nitrogens with zero attached hydrogens (tertiary/aromatic N) is 3. The molecule has 0 bridgehead atoms. The zero-order valence-corrected chi connectivity index (χ0v) is 14.4. The van der Waals surface area contributed by atoms with E-state index in [1.54, 1.807) is 18.2 Å². The van der Waals surface area contributed by atoms with E-state index in [2.05, 4.69) is 27.0 Å². The molecule has 0 fully saturated rings. The maximum Gasteiger partial charge on any atom is 0.269 e. The standard InChI is InChI=1S/C18H11BrN4O2/c19-16-4-2-1-3-13(16)14-9-17(22-18(21)15(14)10-20)11-5-7-12(8-6-11)23(24)25/h1-9H,(H2,21,22). The van der Waals surface area contributed by atoms with Gasteiger partial charge in [0.2, 0.25) is 0 Å². The molecule has 1 heterocycles. The molecule has 0 saturated heterocycles. The zero-order valence-electron chi connectivity index (χ0n) is 12.8. The number of nitro benzene ring substituents is 1. The van der Waals surface area contributed by atoms with Crippen molar-refractivity contribution in [1.82, 2.24) is 4.98 Å². The average molecular weight is 395 g/mol. The number of aromatic nitrogens is 1. The van der Waals surface area contributed by atoms with E-state index in [-0.39, 0.29) is 17.1 Å². The molecule has 0 spiro atoms. The van der Waals surface area contributed by atoms with Crippen molar-refractivity contribution < 1.29 is 4.92 Å². The summed E-state index contributed by atoms with van der Waals surface area (Å²) in [5, 5.41) is 20.2. The van der Waals surface area contributed by atoms with E-state index in [1.165, 1.54) is 12.1 Å². The summed E-state index contributed by atoms with van der Waals surface area (Å²) in [5.74, 6) is 0.115. The van der Waals surface area contributed by atoms with Crippen molar-refractivity contribution >= 4 is 27.4 Å². The van der Waals surface area contributed by atoms with Gasteiger partial charge >= 0.3 is 0 Å². The van der Waals surface area contributed by atoms with Crippen molar-refractivity contribution in [2.45, 2.75) is 0 Å². The first-order valence-electron chi connectivity index (χ1n) is 7.21. The van der Waals surface area contributed by atoms with Crippen molar-refractivity contribution in [2.75, 3.05) is 5.73 Å². The van der Waals surface area contributed by atoms with Crippen molar-refractivity contribution in [1.29, 1.82) is 5.26 Å². The number of halogens is 1. The predicted molar refractivity (Wildman–Crippen MR) is 98.6 cm³/mol. The van der Waals surface area contributed by atoms with Gasteiger partial charge in [0.05, 0.1) is 10.6 Å². The molecule has 122 valence electrons. The van der Waals surface area contributed by atoms with E-state index >= 15 is 0 Å².